The van der Waals surface area contributed by atoms with Crippen molar-refractivity contribution in [3.8, 4) is 0 Å². The summed E-state index contributed by atoms with van der Waals surface area (Å²) in [6.07, 6.45) is 5.13. The van der Waals surface area contributed by atoms with Crippen LogP contribution in [0.4, 0.5) is 0 Å². The minimum atomic E-state index is -0.170. The van der Waals surface area contributed by atoms with Gasteiger partial charge in [0, 0.05) is 0 Å². The molecule has 0 N–H and O–H groups in total. The number of rotatable bonds is 6. The predicted octanol–water partition coefficient (Wildman–Crippen LogP) is 2.30. The maximum atomic E-state index is 10.7. The molecule has 0 unspecified atom stereocenters. The smallest absolute Gasteiger partial charge is 0.309 e. The molecule has 0 aromatic heterocycles. The fourth-order valence-corrected chi connectivity index (χ4v) is 0.715. The van der Waals surface area contributed by atoms with Crippen molar-refractivity contribution in [3.05, 3.63) is 12.7 Å². The van der Waals surface area contributed by atoms with Crippen LogP contribution < -0.4 is 0 Å². The van der Waals surface area contributed by atoms with E-state index in [1.54, 1.807) is 6.08 Å². The number of unbranched alkanes of at least 4 members (excludes halogenated alkanes) is 2. The molecule has 0 aliphatic heterocycles. The standard InChI is InChI=1S/C9H16O2/c1-3-5-6-8-11-9(10)7-4-2/h4H,2-3,5-8H2,1H3. The normalized spacial score (nSPS) is 9.18. The lowest BCUT2D eigenvalue weighted by Gasteiger charge is -2.00. The van der Waals surface area contributed by atoms with E-state index >= 15 is 0 Å². The van der Waals surface area contributed by atoms with Crippen molar-refractivity contribution in [1.29, 1.82) is 0 Å². The number of ether oxygens (including phenoxy) is 1. The summed E-state index contributed by atoms with van der Waals surface area (Å²) in [6.45, 7) is 6.12. The van der Waals surface area contributed by atoms with Gasteiger partial charge in [0.25, 0.3) is 0 Å². The molecule has 0 aromatic carbocycles. The Morgan fingerprint density at radius 3 is 2.82 bits per heavy atom. The van der Waals surface area contributed by atoms with E-state index in [1.807, 2.05) is 0 Å². The summed E-state index contributed by atoms with van der Waals surface area (Å²) in [6, 6.07) is 0. The van der Waals surface area contributed by atoms with Gasteiger partial charge < -0.3 is 4.74 Å². The van der Waals surface area contributed by atoms with Crippen LogP contribution in [-0.2, 0) is 9.53 Å². The summed E-state index contributed by atoms with van der Waals surface area (Å²) in [5.41, 5.74) is 0. The average molecular weight is 156 g/mol. The van der Waals surface area contributed by atoms with E-state index in [0.29, 0.717) is 13.0 Å². The lowest BCUT2D eigenvalue weighted by Crippen LogP contribution is -2.03. The van der Waals surface area contributed by atoms with Crippen LogP contribution in [0.15, 0.2) is 12.7 Å². The molecule has 11 heavy (non-hydrogen) atoms. The van der Waals surface area contributed by atoms with Crippen LogP contribution in [-0.4, -0.2) is 12.6 Å². The van der Waals surface area contributed by atoms with E-state index in [4.69, 9.17) is 4.74 Å². The SMILES string of the molecule is C=CCC(=O)OCCCCC. The van der Waals surface area contributed by atoms with Crippen molar-refractivity contribution in [2.45, 2.75) is 32.6 Å². The zero-order valence-electron chi connectivity index (χ0n) is 7.14. The van der Waals surface area contributed by atoms with Gasteiger partial charge in [0.15, 0.2) is 0 Å². The minimum Gasteiger partial charge on any atom is -0.465 e. The van der Waals surface area contributed by atoms with E-state index < -0.39 is 0 Å². The second-order valence-electron chi connectivity index (χ2n) is 2.42. The Morgan fingerprint density at radius 2 is 2.27 bits per heavy atom. The highest BCUT2D eigenvalue weighted by Gasteiger charge is 1.96. The van der Waals surface area contributed by atoms with Crippen LogP contribution in [0.3, 0.4) is 0 Å². The third-order valence-corrected chi connectivity index (χ3v) is 1.32. The molecular formula is C9H16O2. The van der Waals surface area contributed by atoms with Crippen LogP contribution in [0.1, 0.15) is 32.6 Å². The Kier molecular flexibility index (Phi) is 6.79. The first-order valence-electron chi connectivity index (χ1n) is 4.07. The lowest BCUT2D eigenvalue weighted by molar-refractivity contribution is -0.142. The monoisotopic (exact) mass is 156 g/mol. The molecule has 0 rings (SSSR count). The molecule has 64 valence electrons. The van der Waals surface area contributed by atoms with Crippen molar-refractivity contribution in [2.24, 2.45) is 0 Å². The Morgan fingerprint density at radius 1 is 1.55 bits per heavy atom. The Labute approximate surface area is 68.2 Å². The number of hydrogen-bond donors (Lipinski definition) is 0. The van der Waals surface area contributed by atoms with Gasteiger partial charge in [0.1, 0.15) is 0 Å². The fourth-order valence-electron chi connectivity index (χ4n) is 0.715. The molecule has 2 nitrogen and oxygen atoms in total. The van der Waals surface area contributed by atoms with Gasteiger partial charge in [0.05, 0.1) is 13.0 Å². The molecule has 0 saturated carbocycles. The van der Waals surface area contributed by atoms with Crippen LogP contribution >= 0.6 is 0 Å². The average Bonchev–Trinajstić information content (AvgIpc) is 1.99. The molecule has 0 radical (unpaired) electrons. The summed E-state index contributed by atoms with van der Waals surface area (Å²) in [7, 11) is 0. The van der Waals surface area contributed by atoms with Gasteiger partial charge in [-0.3, -0.25) is 4.79 Å². The molecule has 0 aromatic rings. The first-order valence-corrected chi connectivity index (χ1v) is 4.07. The molecule has 2 heteroatoms. The zero-order valence-corrected chi connectivity index (χ0v) is 7.14. The molecule has 0 bridgehead atoms. The van der Waals surface area contributed by atoms with Crippen molar-refractivity contribution in [3.63, 3.8) is 0 Å². The highest BCUT2D eigenvalue weighted by Crippen LogP contribution is 1.95. The van der Waals surface area contributed by atoms with Crippen LogP contribution in [0.2, 0.25) is 0 Å². The lowest BCUT2D eigenvalue weighted by atomic mass is 10.3. The maximum absolute atomic E-state index is 10.7. The van der Waals surface area contributed by atoms with Gasteiger partial charge in [-0.2, -0.15) is 0 Å². The number of esters is 1. The maximum Gasteiger partial charge on any atom is 0.309 e. The predicted molar refractivity (Wildman–Crippen MR) is 45.3 cm³/mol. The van der Waals surface area contributed by atoms with Gasteiger partial charge in [-0.1, -0.05) is 25.8 Å². The van der Waals surface area contributed by atoms with E-state index in [-0.39, 0.29) is 5.97 Å². The van der Waals surface area contributed by atoms with Gasteiger partial charge in [-0.15, -0.1) is 6.58 Å². The number of carbonyl (C=O) groups is 1. The molecule has 0 aliphatic carbocycles. The molecule has 0 aliphatic rings. The van der Waals surface area contributed by atoms with Gasteiger partial charge >= 0.3 is 5.97 Å². The Hall–Kier alpha value is -0.790. The summed E-state index contributed by atoms with van der Waals surface area (Å²) in [4.78, 5) is 10.7. The van der Waals surface area contributed by atoms with Crippen molar-refractivity contribution in [2.75, 3.05) is 6.61 Å². The molecule has 0 atom stereocenters. The summed E-state index contributed by atoms with van der Waals surface area (Å²) in [5.74, 6) is -0.170. The van der Waals surface area contributed by atoms with Gasteiger partial charge in [-0.05, 0) is 6.42 Å². The highest BCUT2D eigenvalue weighted by atomic mass is 16.5. The van der Waals surface area contributed by atoms with Crippen molar-refractivity contribution >= 4 is 5.97 Å². The second-order valence-corrected chi connectivity index (χ2v) is 2.42. The molecule has 0 amide bonds. The molecule has 0 saturated heterocycles. The highest BCUT2D eigenvalue weighted by molar-refractivity contribution is 5.70. The summed E-state index contributed by atoms with van der Waals surface area (Å²) < 4.78 is 4.87. The van der Waals surface area contributed by atoms with Gasteiger partial charge in [0.2, 0.25) is 0 Å². The third kappa shape index (κ3) is 7.10. The van der Waals surface area contributed by atoms with Crippen molar-refractivity contribution in [1.82, 2.24) is 0 Å². The topological polar surface area (TPSA) is 26.3 Å². The van der Waals surface area contributed by atoms with E-state index in [9.17, 15) is 4.79 Å². The molecule has 0 heterocycles. The summed E-state index contributed by atoms with van der Waals surface area (Å²) in [5, 5.41) is 0. The Bertz CT molecular complexity index is 119. The second kappa shape index (κ2) is 7.32. The first-order chi connectivity index (χ1) is 5.31. The number of carbonyl (C=O) groups excluding carboxylic acids is 1. The van der Waals surface area contributed by atoms with Gasteiger partial charge in [-0.25, -0.2) is 0 Å². The molecule has 0 fully saturated rings. The largest absolute Gasteiger partial charge is 0.465 e. The van der Waals surface area contributed by atoms with Crippen molar-refractivity contribution < 1.29 is 9.53 Å². The van der Waals surface area contributed by atoms with E-state index in [2.05, 4.69) is 13.5 Å². The van der Waals surface area contributed by atoms with E-state index in [1.165, 1.54) is 0 Å². The summed E-state index contributed by atoms with van der Waals surface area (Å²) >= 11 is 0. The van der Waals surface area contributed by atoms with E-state index in [0.717, 1.165) is 19.3 Å². The minimum absolute atomic E-state index is 0.170. The molecule has 0 spiro atoms. The fraction of sp³-hybridized carbons (Fsp3) is 0.667. The molecular weight excluding hydrogens is 140 g/mol. The number of hydrogen-bond acceptors (Lipinski definition) is 2. The van der Waals surface area contributed by atoms with Crippen LogP contribution in [0.5, 0.6) is 0 Å². The quantitative estimate of drug-likeness (QED) is 0.335. The van der Waals surface area contributed by atoms with Crippen LogP contribution in [0, 0.1) is 0 Å². The third-order valence-electron chi connectivity index (χ3n) is 1.32. The Balaban J connectivity index is 3.10. The van der Waals surface area contributed by atoms with Crippen LogP contribution in [0.25, 0.3) is 0 Å². The first kappa shape index (κ1) is 10.2. The zero-order chi connectivity index (χ0) is 8.53.